The first-order valence-corrected chi connectivity index (χ1v) is 8.17. The summed E-state index contributed by atoms with van der Waals surface area (Å²) in [7, 11) is -1.78. The van der Waals surface area contributed by atoms with Crippen molar-refractivity contribution in [1.29, 1.82) is 0 Å². The van der Waals surface area contributed by atoms with Crippen molar-refractivity contribution < 1.29 is 13.2 Å². The zero-order chi connectivity index (χ0) is 14.3. The summed E-state index contributed by atoms with van der Waals surface area (Å²) < 4.78 is 24.0. The Morgan fingerprint density at radius 1 is 1.47 bits per heavy atom. The first-order chi connectivity index (χ1) is 8.92. The summed E-state index contributed by atoms with van der Waals surface area (Å²) >= 11 is 0. The van der Waals surface area contributed by atoms with E-state index in [1.165, 1.54) is 0 Å². The van der Waals surface area contributed by atoms with Crippen LogP contribution in [0.3, 0.4) is 0 Å². The quantitative estimate of drug-likeness (QED) is 0.524. The Bertz CT molecular complexity index is 385. The van der Waals surface area contributed by atoms with Crippen LogP contribution in [0, 0.1) is 5.92 Å². The average Bonchev–Trinajstić information content (AvgIpc) is 2.36. The van der Waals surface area contributed by atoms with Crippen molar-refractivity contribution >= 4 is 16.1 Å². The Morgan fingerprint density at radius 2 is 2.21 bits per heavy atom. The first kappa shape index (κ1) is 16.4. The highest BCUT2D eigenvalue weighted by Gasteiger charge is 2.23. The predicted octanol–water partition coefficient (Wildman–Crippen LogP) is -0.982. The van der Waals surface area contributed by atoms with Gasteiger partial charge in [0.25, 0.3) is 10.2 Å². The van der Waals surface area contributed by atoms with E-state index in [0.717, 1.165) is 32.4 Å². The number of carbonyl (C=O) groups excluding carboxylic acids is 1. The van der Waals surface area contributed by atoms with Gasteiger partial charge in [-0.2, -0.15) is 8.42 Å². The largest absolute Gasteiger partial charge is 0.342 e. The Morgan fingerprint density at radius 3 is 2.84 bits per heavy atom. The second-order valence-electron chi connectivity index (χ2n) is 4.95. The molecule has 0 aromatic heterocycles. The Labute approximate surface area is 115 Å². The van der Waals surface area contributed by atoms with E-state index in [0.29, 0.717) is 19.5 Å². The Kier molecular flexibility index (Phi) is 6.70. The smallest absolute Gasteiger partial charge is 0.274 e. The maximum atomic E-state index is 12.0. The third kappa shape index (κ3) is 6.86. The lowest BCUT2D eigenvalue weighted by atomic mass is 9.98. The summed E-state index contributed by atoms with van der Waals surface area (Å²) in [4.78, 5) is 13.8. The van der Waals surface area contributed by atoms with Crippen molar-refractivity contribution in [3.05, 3.63) is 0 Å². The highest BCUT2D eigenvalue weighted by molar-refractivity contribution is 7.87. The molecule has 1 saturated heterocycles. The van der Waals surface area contributed by atoms with E-state index in [9.17, 15) is 13.2 Å². The first-order valence-electron chi connectivity index (χ1n) is 6.62. The van der Waals surface area contributed by atoms with Crippen LogP contribution in [0.4, 0.5) is 0 Å². The van der Waals surface area contributed by atoms with E-state index in [2.05, 4.69) is 10.0 Å². The Hall–Kier alpha value is -0.700. The topological polar surface area (TPSA) is 105 Å². The number of hydrogen-bond donors (Lipinski definition) is 3. The fraction of sp³-hybridized carbons (Fsp3) is 0.909. The van der Waals surface area contributed by atoms with Gasteiger partial charge in [-0.15, -0.1) is 0 Å². The molecule has 1 fully saturated rings. The van der Waals surface area contributed by atoms with Crippen molar-refractivity contribution in [2.75, 3.05) is 33.2 Å². The maximum Gasteiger partial charge on any atom is 0.274 e. The van der Waals surface area contributed by atoms with Crippen molar-refractivity contribution in [2.24, 2.45) is 11.1 Å². The van der Waals surface area contributed by atoms with Crippen LogP contribution in [0.25, 0.3) is 0 Å². The molecule has 0 radical (unpaired) electrons. The molecule has 0 aliphatic carbocycles. The second kappa shape index (κ2) is 7.78. The summed E-state index contributed by atoms with van der Waals surface area (Å²) in [6, 6.07) is 0. The summed E-state index contributed by atoms with van der Waals surface area (Å²) in [6.07, 6.45) is 3.19. The molecule has 112 valence electrons. The third-order valence-corrected chi connectivity index (χ3v) is 3.83. The molecule has 0 spiro atoms. The molecule has 1 aliphatic rings. The molecule has 8 heteroatoms. The van der Waals surface area contributed by atoms with E-state index in [4.69, 9.17) is 5.14 Å². The molecule has 1 unspecified atom stereocenters. The van der Waals surface area contributed by atoms with Crippen molar-refractivity contribution in [2.45, 2.75) is 25.7 Å². The average molecular weight is 292 g/mol. The van der Waals surface area contributed by atoms with Gasteiger partial charge < -0.3 is 10.2 Å². The summed E-state index contributed by atoms with van der Waals surface area (Å²) in [5, 5.41) is 7.91. The molecular weight excluding hydrogens is 268 g/mol. The van der Waals surface area contributed by atoms with Crippen molar-refractivity contribution in [1.82, 2.24) is 14.9 Å². The number of hydrogen-bond acceptors (Lipinski definition) is 4. The lowest BCUT2D eigenvalue weighted by molar-refractivity contribution is -0.133. The van der Waals surface area contributed by atoms with Gasteiger partial charge in [-0.1, -0.05) is 0 Å². The van der Waals surface area contributed by atoms with E-state index in [1.807, 2.05) is 11.9 Å². The zero-order valence-corrected chi connectivity index (χ0v) is 12.2. The van der Waals surface area contributed by atoms with E-state index in [1.54, 1.807) is 0 Å². The van der Waals surface area contributed by atoms with E-state index in [-0.39, 0.29) is 11.8 Å². The van der Waals surface area contributed by atoms with E-state index >= 15 is 0 Å². The predicted molar refractivity (Wildman–Crippen MR) is 73.6 cm³/mol. The molecule has 4 N–H and O–H groups in total. The highest BCUT2D eigenvalue weighted by atomic mass is 32.2. The third-order valence-electron chi connectivity index (χ3n) is 3.26. The summed E-state index contributed by atoms with van der Waals surface area (Å²) in [5.74, 6) is 0.302. The molecule has 19 heavy (non-hydrogen) atoms. The molecule has 0 aromatic carbocycles. The molecule has 0 saturated carbocycles. The van der Waals surface area contributed by atoms with Gasteiger partial charge >= 0.3 is 0 Å². The molecule has 1 aliphatic heterocycles. The van der Waals surface area contributed by atoms with Gasteiger partial charge in [0.1, 0.15) is 0 Å². The summed E-state index contributed by atoms with van der Waals surface area (Å²) in [5.41, 5.74) is 0. The van der Waals surface area contributed by atoms with Crippen LogP contribution in [0.5, 0.6) is 0 Å². The lowest BCUT2D eigenvalue weighted by Gasteiger charge is -2.32. The van der Waals surface area contributed by atoms with Gasteiger partial charge in [0.15, 0.2) is 0 Å². The van der Waals surface area contributed by atoms with Gasteiger partial charge in [-0.3, -0.25) is 4.79 Å². The van der Waals surface area contributed by atoms with Crippen LogP contribution in [0.2, 0.25) is 0 Å². The number of amides is 1. The number of likely N-dealkylation sites (tertiary alicyclic amines) is 1. The maximum absolute atomic E-state index is 12.0. The number of carbonyl (C=O) groups is 1. The number of nitrogens with two attached hydrogens (primary N) is 1. The van der Waals surface area contributed by atoms with Gasteiger partial charge in [0.05, 0.1) is 0 Å². The van der Waals surface area contributed by atoms with Gasteiger partial charge in [0, 0.05) is 26.1 Å². The number of piperidine rings is 1. The van der Waals surface area contributed by atoms with Crippen LogP contribution >= 0.6 is 0 Å². The minimum absolute atomic E-state index is 0.149. The van der Waals surface area contributed by atoms with Gasteiger partial charge in [-0.25, -0.2) is 9.86 Å². The number of rotatable bonds is 7. The molecule has 7 nitrogen and oxygen atoms in total. The minimum atomic E-state index is -3.64. The molecule has 0 aromatic rings. The molecule has 1 rings (SSSR count). The molecule has 1 heterocycles. The highest BCUT2D eigenvalue weighted by Crippen LogP contribution is 2.16. The van der Waals surface area contributed by atoms with Crippen molar-refractivity contribution in [3.63, 3.8) is 0 Å². The molecular formula is C11H24N4O3S. The second-order valence-corrected chi connectivity index (χ2v) is 6.33. The van der Waals surface area contributed by atoms with Crippen LogP contribution in [0.1, 0.15) is 25.7 Å². The summed E-state index contributed by atoms with van der Waals surface area (Å²) in [6.45, 7) is 2.51. The van der Waals surface area contributed by atoms with Crippen LogP contribution in [0.15, 0.2) is 0 Å². The van der Waals surface area contributed by atoms with E-state index < -0.39 is 10.2 Å². The molecule has 1 atom stereocenters. The normalized spacial score (nSPS) is 20.5. The number of nitrogens with zero attached hydrogens (tertiary/aromatic N) is 1. The minimum Gasteiger partial charge on any atom is -0.342 e. The fourth-order valence-corrected chi connectivity index (χ4v) is 2.73. The van der Waals surface area contributed by atoms with Crippen LogP contribution in [-0.2, 0) is 15.0 Å². The molecule has 1 amide bonds. The SMILES string of the molecule is CNCCCC(=O)N1CCCC(CNS(N)(=O)=O)C1. The van der Waals surface area contributed by atoms with Crippen molar-refractivity contribution in [3.8, 4) is 0 Å². The van der Waals surface area contributed by atoms with Crippen LogP contribution < -0.4 is 15.2 Å². The molecule has 0 bridgehead atoms. The lowest BCUT2D eigenvalue weighted by Crippen LogP contribution is -2.44. The fourth-order valence-electron chi connectivity index (χ4n) is 2.27. The monoisotopic (exact) mass is 292 g/mol. The van der Waals surface area contributed by atoms with Gasteiger partial charge in [-0.05, 0) is 38.8 Å². The Balaban J connectivity index is 2.34. The standard InChI is InChI=1S/C11H24N4O3S/c1-13-6-2-5-11(16)15-7-3-4-10(9-15)8-14-19(12,17)18/h10,13-14H,2-9H2,1H3,(H2,12,17,18). The van der Waals surface area contributed by atoms with Crippen LogP contribution in [-0.4, -0.2) is 52.5 Å². The number of nitrogens with one attached hydrogen (secondary N) is 2. The van der Waals surface area contributed by atoms with Gasteiger partial charge in [0.2, 0.25) is 5.91 Å². The zero-order valence-electron chi connectivity index (χ0n) is 11.4.